The van der Waals surface area contributed by atoms with E-state index in [0.717, 1.165) is 24.0 Å². The molecule has 4 saturated carbocycles. The minimum Gasteiger partial charge on any atom is -0.383 e. The number of anilines is 2. The molecule has 3 aromatic rings. The molecule has 7 rings (SSSR count). The zero-order chi connectivity index (χ0) is 26.2. The Hall–Kier alpha value is -3.81. The molecule has 2 bridgehead atoms. The molecule has 4 aliphatic carbocycles. The van der Waals surface area contributed by atoms with E-state index in [0.29, 0.717) is 35.6 Å². The average Bonchev–Trinajstić information content (AvgIpc) is 3.22. The lowest BCUT2D eigenvalue weighted by molar-refractivity contribution is -0.213. The number of nitriles is 1. The monoisotopic (exact) mass is 510 g/mol. The molecule has 0 saturated heterocycles. The Kier molecular flexibility index (Phi) is 5.00. The number of rotatable bonds is 7. The molecule has 37 heavy (non-hydrogen) atoms. The zero-order valence-corrected chi connectivity index (χ0v) is 20.1. The van der Waals surface area contributed by atoms with Crippen LogP contribution in [-0.2, 0) is 22.2 Å². The third-order valence-corrected chi connectivity index (χ3v) is 8.38. The van der Waals surface area contributed by atoms with Crippen molar-refractivity contribution in [3.63, 3.8) is 0 Å². The summed E-state index contributed by atoms with van der Waals surface area (Å²) < 4.78 is 45.6. The Morgan fingerprint density at radius 3 is 2.57 bits per heavy atom. The van der Waals surface area contributed by atoms with Crippen molar-refractivity contribution in [1.82, 2.24) is 14.9 Å². The van der Waals surface area contributed by atoms with Gasteiger partial charge in [0.1, 0.15) is 23.1 Å². The number of nitrogens with two attached hydrogens (primary N) is 1. The molecule has 1 atom stereocenters. The van der Waals surface area contributed by atoms with Gasteiger partial charge in [-0.1, -0.05) is 29.4 Å². The zero-order valence-electron chi connectivity index (χ0n) is 20.1. The first-order valence-corrected chi connectivity index (χ1v) is 12.2. The summed E-state index contributed by atoms with van der Waals surface area (Å²) in [7, 11) is 0. The van der Waals surface area contributed by atoms with Crippen molar-refractivity contribution in [2.45, 2.75) is 62.6 Å². The van der Waals surface area contributed by atoms with Gasteiger partial charge >= 0.3 is 6.18 Å². The van der Waals surface area contributed by atoms with Gasteiger partial charge in [-0.2, -0.15) is 23.5 Å². The summed E-state index contributed by atoms with van der Waals surface area (Å²) >= 11 is 0. The first-order chi connectivity index (χ1) is 17.5. The van der Waals surface area contributed by atoms with Gasteiger partial charge in [-0.15, -0.1) is 0 Å². The van der Waals surface area contributed by atoms with Crippen LogP contribution in [0.4, 0.5) is 24.9 Å². The maximum atomic E-state index is 12.9. The summed E-state index contributed by atoms with van der Waals surface area (Å²) in [5.41, 5.74) is 8.23. The molecule has 3 N–H and O–H groups in total. The topological polar surface area (TPSA) is 123 Å². The van der Waals surface area contributed by atoms with Crippen LogP contribution in [0.5, 0.6) is 0 Å². The largest absolute Gasteiger partial charge is 0.389 e. The fraction of sp³-hybridized carbons (Fsp3) is 0.462. The highest BCUT2D eigenvalue weighted by Gasteiger charge is 2.68. The van der Waals surface area contributed by atoms with Gasteiger partial charge in [0.2, 0.25) is 11.8 Å². The molecule has 8 nitrogen and oxygen atoms in total. The predicted octanol–water partition coefficient (Wildman–Crippen LogP) is 4.91. The maximum Gasteiger partial charge on any atom is 0.389 e. The number of halogens is 3. The Bertz CT molecular complexity index is 1420. The second-order valence-corrected chi connectivity index (χ2v) is 10.9. The third kappa shape index (κ3) is 3.86. The van der Waals surface area contributed by atoms with Gasteiger partial charge in [0.25, 0.3) is 0 Å². The van der Waals surface area contributed by atoms with E-state index in [1.807, 2.05) is 0 Å². The summed E-state index contributed by atoms with van der Waals surface area (Å²) in [5.74, 6) is -0.232. The van der Waals surface area contributed by atoms with Crippen molar-refractivity contribution in [2.24, 2.45) is 11.8 Å². The van der Waals surface area contributed by atoms with Crippen LogP contribution in [0.2, 0.25) is 0 Å². The van der Waals surface area contributed by atoms with Crippen LogP contribution >= 0.6 is 0 Å². The lowest BCUT2D eigenvalue weighted by atomic mass is 9.36. The van der Waals surface area contributed by atoms with Gasteiger partial charge in [0, 0.05) is 23.5 Å². The van der Waals surface area contributed by atoms with Crippen LogP contribution in [0.3, 0.4) is 0 Å². The Balaban J connectivity index is 1.11. The minimum atomic E-state index is -4.20. The molecule has 4 fully saturated rings. The first kappa shape index (κ1) is 23.6. The van der Waals surface area contributed by atoms with Crippen LogP contribution in [0.1, 0.15) is 55.8 Å². The smallest absolute Gasteiger partial charge is 0.383 e. The molecule has 2 heterocycles. The molecule has 192 valence electrons. The minimum absolute atomic E-state index is 0.0555. The van der Waals surface area contributed by atoms with Crippen LogP contribution < -0.4 is 11.1 Å². The Labute approximate surface area is 210 Å². The van der Waals surface area contributed by atoms with Crippen molar-refractivity contribution < 1.29 is 22.5 Å². The lowest BCUT2D eigenvalue weighted by Gasteiger charge is -2.67. The highest BCUT2D eigenvalue weighted by molar-refractivity contribution is 5.91. The van der Waals surface area contributed by atoms with E-state index < -0.39 is 23.9 Å². The number of carbonyl (C=O) groups excluding carboxylic acids is 1. The van der Waals surface area contributed by atoms with Gasteiger partial charge in [-0.05, 0) is 50.0 Å². The van der Waals surface area contributed by atoms with Crippen molar-refractivity contribution >= 4 is 17.6 Å². The maximum absolute atomic E-state index is 12.9. The number of nitrogens with one attached hydrogen (secondary N) is 1. The summed E-state index contributed by atoms with van der Waals surface area (Å²) in [6.45, 7) is 2.05. The van der Waals surface area contributed by atoms with Crippen LogP contribution in [0.15, 0.2) is 34.9 Å². The van der Waals surface area contributed by atoms with E-state index in [4.69, 9.17) is 10.3 Å². The summed E-state index contributed by atoms with van der Waals surface area (Å²) in [6.07, 6.45) is -1.69. The van der Waals surface area contributed by atoms with Crippen molar-refractivity contribution in [3.05, 3.63) is 47.2 Å². The summed E-state index contributed by atoms with van der Waals surface area (Å²) in [5, 5.41) is 20.8. The standard InChI is InChI=1S/C26H25F3N6O2/c1-24(6-7-24)35-23(31)17(13-30)22(33-35)15-4-2-14(3-5-15)8-20(36)32-21-9-19(34-37-21)25-10-16(11-25)18(25)12-26(27,28)29/h2-5,9,16,18H,6-8,10-12,31H2,1H3,(H,32,36). The highest BCUT2D eigenvalue weighted by atomic mass is 19.4. The number of benzene rings is 1. The molecular weight excluding hydrogens is 485 g/mol. The number of amides is 1. The number of aromatic nitrogens is 3. The predicted molar refractivity (Wildman–Crippen MR) is 127 cm³/mol. The first-order valence-electron chi connectivity index (χ1n) is 12.2. The number of carbonyl (C=O) groups is 1. The van der Waals surface area contributed by atoms with Crippen molar-refractivity contribution in [2.75, 3.05) is 11.1 Å². The molecule has 1 aromatic carbocycles. The Morgan fingerprint density at radius 1 is 1.30 bits per heavy atom. The van der Waals surface area contributed by atoms with E-state index >= 15 is 0 Å². The number of hydrogen-bond donors (Lipinski definition) is 2. The SMILES string of the molecule is CC1(n2nc(-c3ccc(CC(=O)Nc4cc(C56CC(C5)C6CC(F)(F)F)no4)cc3)c(C#N)c2N)CC1. The average molecular weight is 511 g/mol. The Morgan fingerprint density at radius 2 is 2.00 bits per heavy atom. The molecule has 11 heteroatoms. The number of nitrogen functional groups attached to an aromatic ring is 1. The fourth-order valence-corrected chi connectivity index (χ4v) is 5.87. The normalized spacial score (nSPS) is 25.1. The molecule has 0 aliphatic heterocycles. The molecule has 1 unspecified atom stereocenters. The molecule has 0 radical (unpaired) electrons. The van der Waals surface area contributed by atoms with Crippen molar-refractivity contribution in [1.29, 1.82) is 5.26 Å². The van der Waals surface area contributed by atoms with E-state index in [1.54, 1.807) is 35.0 Å². The molecule has 1 amide bonds. The number of alkyl halides is 3. The molecular formula is C26H25F3N6O2. The van der Waals surface area contributed by atoms with Gasteiger partial charge < -0.3 is 10.3 Å². The third-order valence-electron chi connectivity index (χ3n) is 8.38. The fourth-order valence-electron chi connectivity index (χ4n) is 5.87. The van der Waals surface area contributed by atoms with Gasteiger partial charge in [-0.3, -0.25) is 10.1 Å². The quantitative estimate of drug-likeness (QED) is 0.466. The number of nitrogens with zero attached hydrogens (tertiary/aromatic N) is 4. The van der Waals surface area contributed by atoms with E-state index in [1.165, 1.54) is 0 Å². The van der Waals surface area contributed by atoms with E-state index in [2.05, 4.69) is 28.6 Å². The second kappa shape index (κ2) is 7.84. The van der Waals surface area contributed by atoms with E-state index in [-0.39, 0.29) is 29.7 Å². The summed E-state index contributed by atoms with van der Waals surface area (Å²) in [6, 6.07) is 10.8. The molecule has 4 aliphatic rings. The lowest BCUT2D eigenvalue weighted by Crippen LogP contribution is -2.65. The number of hydrogen-bond acceptors (Lipinski definition) is 6. The van der Waals surface area contributed by atoms with E-state index in [9.17, 15) is 23.2 Å². The van der Waals surface area contributed by atoms with Crippen LogP contribution in [-0.4, -0.2) is 27.0 Å². The molecule has 0 spiro atoms. The van der Waals surface area contributed by atoms with Gasteiger partial charge in [-0.25, -0.2) is 4.68 Å². The summed E-state index contributed by atoms with van der Waals surface area (Å²) in [4.78, 5) is 12.6. The second-order valence-electron chi connectivity index (χ2n) is 10.9. The van der Waals surface area contributed by atoms with Crippen LogP contribution in [0, 0.1) is 23.2 Å². The van der Waals surface area contributed by atoms with Gasteiger partial charge in [0.05, 0.1) is 17.7 Å². The van der Waals surface area contributed by atoms with Crippen LogP contribution in [0.25, 0.3) is 11.3 Å². The molecule has 2 aromatic heterocycles. The van der Waals surface area contributed by atoms with Crippen molar-refractivity contribution in [3.8, 4) is 17.3 Å². The highest BCUT2D eigenvalue weighted by Crippen LogP contribution is 2.71. The van der Waals surface area contributed by atoms with Gasteiger partial charge in [0.15, 0.2) is 0 Å².